The van der Waals surface area contributed by atoms with Crippen molar-refractivity contribution in [3.05, 3.63) is 77.7 Å². The minimum Gasteiger partial charge on any atom is -0.366 e. The highest BCUT2D eigenvalue weighted by molar-refractivity contribution is 6.22. The van der Waals surface area contributed by atoms with Gasteiger partial charge in [0.25, 0.3) is 5.91 Å². The van der Waals surface area contributed by atoms with Crippen molar-refractivity contribution in [3.8, 4) is 11.4 Å². The van der Waals surface area contributed by atoms with Crippen molar-refractivity contribution in [1.29, 1.82) is 0 Å². The molecule has 0 radical (unpaired) electrons. The number of nitrogens with two attached hydrogens (primary N) is 1. The zero-order chi connectivity index (χ0) is 19.7. The molecule has 2 heterocycles. The van der Waals surface area contributed by atoms with Gasteiger partial charge >= 0.3 is 0 Å². The Balaban J connectivity index is 1.74. The van der Waals surface area contributed by atoms with Gasteiger partial charge in [0.15, 0.2) is 5.82 Å². The van der Waals surface area contributed by atoms with E-state index in [1.807, 2.05) is 56.3 Å². The molecule has 0 aliphatic rings. The summed E-state index contributed by atoms with van der Waals surface area (Å²) < 4.78 is 1.50. The summed E-state index contributed by atoms with van der Waals surface area (Å²) >= 11 is 0. The quantitative estimate of drug-likeness (QED) is 0.557. The van der Waals surface area contributed by atoms with Gasteiger partial charge in [-0.25, -0.2) is 9.67 Å². The predicted octanol–water partition coefficient (Wildman–Crippen LogP) is 3.59. The molecule has 1 amide bonds. The van der Waals surface area contributed by atoms with Crippen LogP contribution in [-0.2, 0) is 4.79 Å². The van der Waals surface area contributed by atoms with E-state index in [4.69, 9.17) is 5.73 Å². The Hall–Kier alpha value is -3.80. The summed E-state index contributed by atoms with van der Waals surface area (Å²) in [5.41, 5.74) is 10.6. The van der Waals surface area contributed by atoms with Gasteiger partial charge in [-0.1, -0.05) is 35.4 Å². The van der Waals surface area contributed by atoms with Crippen LogP contribution in [-0.4, -0.2) is 25.7 Å². The van der Waals surface area contributed by atoms with E-state index in [1.165, 1.54) is 4.68 Å². The Morgan fingerprint density at radius 2 is 1.79 bits per heavy atom. The molecule has 138 valence electrons. The number of amides is 1. The molecule has 6 nitrogen and oxygen atoms in total. The van der Waals surface area contributed by atoms with E-state index in [0.717, 1.165) is 27.6 Å². The van der Waals surface area contributed by atoms with E-state index in [1.54, 1.807) is 18.7 Å². The fourth-order valence-electron chi connectivity index (χ4n) is 3.20. The minimum absolute atomic E-state index is 0.315. The third-order valence-electron chi connectivity index (χ3n) is 4.42. The van der Waals surface area contributed by atoms with Gasteiger partial charge in [0.1, 0.15) is 6.33 Å². The van der Waals surface area contributed by atoms with Gasteiger partial charge in [-0.05, 0) is 38.1 Å². The molecule has 0 saturated heterocycles. The average molecular weight is 369 g/mol. The summed E-state index contributed by atoms with van der Waals surface area (Å²) in [6, 6.07) is 15.7. The lowest BCUT2D eigenvalue weighted by molar-refractivity contribution is -0.112. The number of carbonyl (C=O) groups is 1. The van der Waals surface area contributed by atoms with Crippen molar-refractivity contribution in [2.24, 2.45) is 5.73 Å². The first-order valence-electron chi connectivity index (χ1n) is 8.86. The van der Waals surface area contributed by atoms with E-state index < -0.39 is 5.91 Å². The van der Waals surface area contributed by atoms with Crippen molar-refractivity contribution in [3.63, 3.8) is 0 Å². The number of benzene rings is 2. The number of fused-ring (bicyclic) bond motifs is 1. The number of pyridine rings is 1. The molecule has 0 fully saturated rings. The van der Waals surface area contributed by atoms with Gasteiger partial charge in [-0.15, -0.1) is 5.10 Å². The molecular weight excluding hydrogens is 350 g/mol. The predicted molar refractivity (Wildman–Crippen MR) is 110 cm³/mol. The van der Waals surface area contributed by atoms with Gasteiger partial charge in [0, 0.05) is 28.9 Å². The topological polar surface area (TPSA) is 86.7 Å². The first-order chi connectivity index (χ1) is 13.5. The summed E-state index contributed by atoms with van der Waals surface area (Å²) in [7, 11) is 0. The maximum atomic E-state index is 12.1. The molecule has 0 unspecified atom stereocenters. The highest BCUT2D eigenvalue weighted by Crippen LogP contribution is 2.21. The Kier molecular flexibility index (Phi) is 4.45. The van der Waals surface area contributed by atoms with Crippen LogP contribution in [0.3, 0.4) is 0 Å². The number of carbonyl (C=O) groups excluding carboxylic acids is 1. The van der Waals surface area contributed by atoms with Gasteiger partial charge < -0.3 is 5.73 Å². The Morgan fingerprint density at radius 3 is 2.54 bits per heavy atom. The van der Waals surface area contributed by atoms with Crippen LogP contribution in [0.2, 0.25) is 0 Å². The Bertz CT molecular complexity index is 1200. The summed E-state index contributed by atoms with van der Waals surface area (Å²) in [6.45, 7) is 4.07. The number of primary amides is 1. The number of aromatic nitrogens is 4. The second-order valence-electron chi connectivity index (χ2n) is 6.75. The van der Waals surface area contributed by atoms with E-state index in [2.05, 4.69) is 21.1 Å². The number of aryl methyl sites for hydroxylation is 2. The van der Waals surface area contributed by atoms with Crippen molar-refractivity contribution in [1.82, 2.24) is 19.7 Å². The standard InChI is InChI=1S/C22H19N5O/c1-14-7-15(2)9-17(8-14)22-25-13-27(26-22)12-19(21(23)28)18-10-16-5-3-4-6-20(16)24-11-18/h3-13H,1-2H3,(H2,23,28)/b19-12+. The normalized spacial score (nSPS) is 11.7. The van der Waals surface area contributed by atoms with Crippen LogP contribution in [0.4, 0.5) is 0 Å². The van der Waals surface area contributed by atoms with Gasteiger partial charge in [-0.2, -0.15) is 0 Å². The minimum atomic E-state index is -0.555. The summed E-state index contributed by atoms with van der Waals surface area (Å²) in [6.07, 6.45) is 4.78. The molecule has 0 saturated carbocycles. The molecular formula is C22H19N5O. The van der Waals surface area contributed by atoms with Gasteiger partial charge in [-0.3, -0.25) is 9.78 Å². The second-order valence-corrected chi connectivity index (χ2v) is 6.75. The molecule has 0 aliphatic heterocycles. The van der Waals surface area contributed by atoms with Crippen LogP contribution in [0.1, 0.15) is 16.7 Å². The molecule has 4 rings (SSSR count). The lowest BCUT2D eigenvalue weighted by Gasteiger charge is -2.05. The average Bonchev–Trinajstić information content (AvgIpc) is 3.13. The monoisotopic (exact) mass is 369 g/mol. The molecule has 28 heavy (non-hydrogen) atoms. The first-order valence-corrected chi connectivity index (χ1v) is 8.86. The molecule has 0 bridgehead atoms. The van der Waals surface area contributed by atoms with Crippen molar-refractivity contribution >= 4 is 28.6 Å². The molecule has 2 aromatic carbocycles. The lowest BCUT2D eigenvalue weighted by atomic mass is 10.1. The van der Waals surface area contributed by atoms with Crippen LogP contribution in [0.25, 0.3) is 34.1 Å². The van der Waals surface area contributed by atoms with Gasteiger partial charge in [0.2, 0.25) is 0 Å². The van der Waals surface area contributed by atoms with Crippen molar-refractivity contribution in [2.45, 2.75) is 13.8 Å². The summed E-state index contributed by atoms with van der Waals surface area (Å²) in [5.74, 6) is 0.0315. The van der Waals surface area contributed by atoms with E-state index in [0.29, 0.717) is 17.0 Å². The third kappa shape index (κ3) is 3.53. The van der Waals surface area contributed by atoms with Crippen molar-refractivity contribution in [2.75, 3.05) is 0 Å². The molecule has 0 atom stereocenters. The fourth-order valence-corrected chi connectivity index (χ4v) is 3.20. The molecule has 4 aromatic rings. The number of rotatable bonds is 4. The van der Waals surface area contributed by atoms with E-state index in [-0.39, 0.29) is 0 Å². The lowest BCUT2D eigenvalue weighted by Crippen LogP contribution is -2.14. The van der Waals surface area contributed by atoms with Crippen LogP contribution >= 0.6 is 0 Å². The zero-order valence-corrected chi connectivity index (χ0v) is 15.6. The molecule has 2 aromatic heterocycles. The first kappa shape index (κ1) is 17.6. The zero-order valence-electron chi connectivity index (χ0n) is 15.6. The van der Waals surface area contributed by atoms with Crippen LogP contribution in [0, 0.1) is 13.8 Å². The number of nitrogens with zero attached hydrogens (tertiary/aromatic N) is 4. The van der Waals surface area contributed by atoms with Crippen LogP contribution < -0.4 is 5.73 Å². The fraction of sp³-hybridized carbons (Fsp3) is 0.0909. The second kappa shape index (κ2) is 7.08. The third-order valence-corrected chi connectivity index (χ3v) is 4.42. The van der Waals surface area contributed by atoms with E-state index >= 15 is 0 Å². The highest BCUT2D eigenvalue weighted by atomic mass is 16.1. The van der Waals surface area contributed by atoms with Crippen molar-refractivity contribution < 1.29 is 4.79 Å². The number of hydrogen-bond acceptors (Lipinski definition) is 4. The molecule has 6 heteroatoms. The Labute approximate surface area is 162 Å². The van der Waals surface area contributed by atoms with Crippen LogP contribution in [0.15, 0.2) is 61.1 Å². The largest absolute Gasteiger partial charge is 0.366 e. The van der Waals surface area contributed by atoms with E-state index in [9.17, 15) is 4.79 Å². The highest BCUT2D eigenvalue weighted by Gasteiger charge is 2.12. The summed E-state index contributed by atoms with van der Waals surface area (Å²) in [5, 5.41) is 5.41. The maximum Gasteiger partial charge on any atom is 0.250 e. The molecule has 0 spiro atoms. The maximum absolute atomic E-state index is 12.1. The molecule has 0 aliphatic carbocycles. The molecule has 2 N–H and O–H groups in total. The summed E-state index contributed by atoms with van der Waals surface area (Å²) in [4.78, 5) is 20.8. The van der Waals surface area contributed by atoms with Crippen LogP contribution in [0.5, 0.6) is 0 Å². The Morgan fingerprint density at radius 1 is 1.04 bits per heavy atom. The van der Waals surface area contributed by atoms with Gasteiger partial charge in [0.05, 0.1) is 11.1 Å². The number of para-hydroxylation sites is 1. The SMILES string of the molecule is Cc1cc(C)cc(-c2ncn(/C=C(/C(N)=O)c3cnc4ccccc4c3)n2)c1. The number of hydrogen-bond donors (Lipinski definition) is 1. The smallest absolute Gasteiger partial charge is 0.250 e.